The van der Waals surface area contributed by atoms with Gasteiger partial charge in [0, 0.05) is 17.5 Å². The molecule has 26 heavy (non-hydrogen) atoms. The van der Waals surface area contributed by atoms with Crippen LogP contribution in [0.25, 0.3) is 6.08 Å². The minimum absolute atomic E-state index is 0.00313. The molecule has 3 rings (SSSR count). The number of ether oxygens (including phenoxy) is 1. The number of ketones is 1. The van der Waals surface area contributed by atoms with Gasteiger partial charge in [0.2, 0.25) is 5.91 Å². The summed E-state index contributed by atoms with van der Waals surface area (Å²) in [5.41, 5.74) is 2.52. The van der Waals surface area contributed by atoms with E-state index in [9.17, 15) is 9.59 Å². The van der Waals surface area contributed by atoms with Crippen molar-refractivity contribution < 1.29 is 14.3 Å². The van der Waals surface area contributed by atoms with Gasteiger partial charge in [0.25, 0.3) is 0 Å². The molecule has 2 aliphatic rings. The second-order valence-corrected chi connectivity index (χ2v) is 8.07. The van der Waals surface area contributed by atoms with Crippen LogP contribution in [0.4, 0.5) is 0 Å². The Morgan fingerprint density at radius 2 is 2.12 bits per heavy atom. The molecule has 1 aromatic carbocycles. The Balaban J connectivity index is 1.93. The van der Waals surface area contributed by atoms with E-state index < -0.39 is 0 Å². The Morgan fingerprint density at radius 3 is 2.69 bits per heavy atom. The first-order valence-corrected chi connectivity index (χ1v) is 9.08. The van der Waals surface area contributed by atoms with Gasteiger partial charge in [0.1, 0.15) is 5.75 Å². The molecular formula is C22H27NO3. The monoisotopic (exact) mass is 353 g/mol. The average Bonchev–Trinajstić information content (AvgIpc) is 2.93. The number of Topliss-reactive ketones (excluding diaryl/α,β-unsaturated/α-hetero) is 1. The lowest BCUT2D eigenvalue weighted by molar-refractivity contribution is -0.125. The molecule has 0 aliphatic heterocycles. The zero-order valence-corrected chi connectivity index (χ0v) is 16.0. The number of nitrogens with one attached hydrogen (secondary N) is 1. The maximum atomic E-state index is 13.0. The quantitative estimate of drug-likeness (QED) is 0.817. The van der Waals surface area contributed by atoms with E-state index >= 15 is 0 Å². The highest BCUT2D eigenvalue weighted by atomic mass is 16.5. The van der Waals surface area contributed by atoms with Crippen LogP contribution < -0.4 is 10.1 Å². The highest BCUT2D eigenvalue weighted by Crippen LogP contribution is 2.65. The number of carbonyl (C=O) groups is 2. The van der Waals surface area contributed by atoms with Gasteiger partial charge >= 0.3 is 0 Å². The first kappa shape index (κ1) is 18.4. The SMILES string of the molecule is C=CC(=O)NCc1cc(/C=C2/C(=O)C3(C)CCC2C3(C)C)ccc1OC. The number of carbonyl (C=O) groups excluding carboxylic acids is 2. The number of rotatable bonds is 5. The molecule has 1 N–H and O–H groups in total. The second kappa shape index (κ2) is 6.42. The summed E-state index contributed by atoms with van der Waals surface area (Å²) in [6, 6.07) is 5.81. The van der Waals surface area contributed by atoms with Crippen LogP contribution in [-0.2, 0) is 16.1 Å². The van der Waals surface area contributed by atoms with Gasteiger partial charge < -0.3 is 10.1 Å². The lowest BCUT2D eigenvalue weighted by Gasteiger charge is -2.31. The van der Waals surface area contributed by atoms with Crippen LogP contribution in [0.2, 0.25) is 0 Å². The lowest BCUT2D eigenvalue weighted by atomic mass is 9.70. The van der Waals surface area contributed by atoms with Crippen molar-refractivity contribution in [2.75, 3.05) is 7.11 Å². The number of hydrogen-bond donors (Lipinski definition) is 1. The number of fused-ring (bicyclic) bond motifs is 2. The fraction of sp³-hybridized carbons (Fsp3) is 0.455. The Morgan fingerprint density at radius 1 is 1.38 bits per heavy atom. The summed E-state index contributed by atoms with van der Waals surface area (Å²) < 4.78 is 5.39. The Labute approximate surface area is 155 Å². The van der Waals surface area contributed by atoms with E-state index in [0.717, 1.165) is 29.5 Å². The van der Waals surface area contributed by atoms with Gasteiger partial charge in [-0.05, 0) is 59.6 Å². The summed E-state index contributed by atoms with van der Waals surface area (Å²) in [7, 11) is 1.61. The molecule has 2 aliphatic carbocycles. The van der Waals surface area contributed by atoms with Gasteiger partial charge in [-0.2, -0.15) is 0 Å². The smallest absolute Gasteiger partial charge is 0.243 e. The molecule has 0 heterocycles. The molecule has 1 amide bonds. The van der Waals surface area contributed by atoms with Crippen molar-refractivity contribution in [2.24, 2.45) is 16.7 Å². The Kier molecular flexibility index (Phi) is 4.55. The molecule has 2 atom stereocenters. The van der Waals surface area contributed by atoms with Crippen LogP contribution in [0, 0.1) is 16.7 Å². The van der Waals surface area contributed by atoms with Crippen LogP contribution in [-0.4, -0.2) is 18.8 Å². The lowest BCUT2D eigenvalue weighted by Crippen LogP contribution is -2.32. The molecule has 0 saturated heterocycles. The predicted octanol–water partition coefficient (Wildman–Crippen LogP) is 3.91. The van der Waals surface area contributed by atoms with Crippen molar-refractivity contribution in [3.8, 4) is 5.75 Å². The third kappa shape index (κ3) is 2.68. The summed E-state index contributed by atoms with van der Waals surface area (Å²) in [4.78, 5) is 24.5. The van der Waals surface area contributed by atoms with Gasteiger partial charge in [-0.25, -0.2) is 0 Å². The molecule has 2 saturated carbocycles. The first-order valence-electron chi connectivity index (χ1n) is 9.08. The molecule has 0 radical (unpaired) electrons. The van der Waals surface area contributed by atoms with Gasteiger partial charge in [0.05, 0.1) is 7.11 Å². The van der Waals surface area contributed by atoms with E-state index in [-0.39, 0.29) is 22.5 Å². The summed E-state index contributed by atoms with van der Waals surface area (Å²) in [6.45, 7) is 10.4. The van der Waals surface area contributed by atoms with Crippen molar-refractivity contribution in [3.05, 3.63) is 47.6 Å². The highest BCUT2D eigenvalue weighted by molar-refractivity contribution is 6.08. The fourth-order valence-electron chi connectivity index (χ4n) is 4.55. The van der Waals surface area contributed by atoms with Gasteiger partial charge in [0.15, 0.2) is 5.78 Å². The summed E-state index contributed by atoms with van der Waals surface area (Å²) in [6.07, 6.45) is 5.31. The van der Waals surface area contributed by atoms with Crippen molar-refractivity contribution in [3.63, 3.8) is 0 Å². The molecule has 0 aromatic heterocycles. The molecular weight excluding hydrogens is 326 g/mol. The molecule has 4 heteroatoms. The summed E-state index contributed by atoms with van der Waals surface area (Å²) in [5.74, 6) is 1.08. The number of allylic oxidation sites excluding steroid dienone is 1. The maximum absolute atomic E-state index is 13.0. The summed E-state index contributed by atoms with van der Waals surface area (Å²) >= 11 is 0. The van der Waals surface area contributed by atoms with Crippen LogP contribution in [0.5, 0.6) is 5.75 Å². The van der Waals surface area contributed by atoms with E-state index in [1.165, 1.54) is 6.08 Å². The van der Waals surface area contributed by atoms with E-state index in [0.29, 0.717) is 18.2 Å². The van der Waals surface area contributed by atoms with Crippen LogP contribution in [0.3, 0.4) is 0 Å². The molecule has 2 fully saturated rings. The van der Waals surface area contributed by atoms with Crippen molar-refractivity contribution in [2.45, 2.75) is 40.2 Å². The highest BCUT2D eigenvalue weighted by Gasteiger charge is 2.63. The molecule has 138 valence electrons. The zero-order chi connectivity index (χ0) is 19.1. The molecule has 1 aromatic rings. The first-order chi connectivity index (χ1) is 12.2. The normalized spacial score (nSPS) is 27.6. The Hall–Kier alpha value is -2.36. The molecule has 2 unspecified atom stereocenters. The maximum Gasteiger partial charge on any atom is 0.243 e. The molecule has 2 bridgehead atoms. The fourth-order valence-corrected chi connectivity index (χ4v) is 4.55. The van der Waals surface area contributed by atoms with E-state index in [1.54, 1.807) is 7.11 Å². The summed E-state index contributed by atoms with van der Waals surface area (Å²) in [5, 5.41) is 2.77. The predicted molar refractivity (Wildman–Crippen MR) is 103 cm³/mol. The molecule has 4 nitrogen and oxygen atoms in total. The minimum Gasteiger partial charge on any atom is -0.496 e. The third-order valence-electron chi connectivity index (χ3n) is 6.63. The van der Waals surface area contributed by atoms with Crippen LogP contribution in [0.15, 0.2) is 36.4 Å². The van der Waals surface area contributed by atoms with Crippen LogP contribution >= 0.6 is 0 Å². The topological polar surface area (TPSA) is 55.4 Å². The van der Waals surface area contributed by atoms with E-state index in [4.69, 9.17) is 4.74 Å². The number of amides is 1. The zero-order valence-electron chi connectivity index (χ0n) is 16.0. The number of benzene rings is 1. The van der Waals surface area contributed by atoms with Gasteiger partial charge in [-0.3, -0.25) is 9.59 Å². The third-order valence-corrected chi connectivity index (χ3v) is 6.63. The van der Waals surface area contributed by atoms with Crippen molar-refractivity contribution >= 4 is 17.8 Å². The Bertz CT molecular complexity index is 806. The average molecular weight is 353 g/mol. The van der Waals surface area contributed by atoms with Crippen molar-refractivity contribution in [1.82, 2.24) is 5.32 Å². The van der Waals surface area contributed by atoms with Crippen molar-refractivity contribution in [1.29, 1.82) is 0 Å². The minimum atomic E-state index is -0.253. The number of methoxy groups -OCH3 is 1. The largest absolute Gasteiger partial charge is 0.496 e. The van der Waals surface area contributed by atoms with Crippen LogP contribution in [0.1, 0.15) is 44.7 Å². The van der Waals surface area contributed by atoms with Gasteiger partial charge in [-0.15, -0.1) is 0 Å². The number of hydrogen-bond acceptors (Lipinski definition) is 3. The second-order valence-electron chi connectivity index (χ2n) is 8.07. The van der Waals surface area contributed by atoms with Gasteiger partial charge in [-0.1, -0.05) is 33.4 Å². The standard InChI is InChI=1S/C22H27NO3/c1-6-19(24)23-13-15-11-14(7-8-18(15)26-5)12-16-17-9-10-22(4,20(16)25)21(17,2)3/h6-8,11-12,17H,1,9-10,13H2,2-5H3,(H,23,24)/b16-12+. The van der Waals surface area contributed by atoms with E-state index in [1.807, 2.05) is 24.3 Å². The molecule has 0 spiro atoms. The van der Waals surface area contributed by atoms with E-state index in [2.05, 4.69) is 32.7 Å².